The van der Waals surface area contributed by atoms with Crippen LogP contribution in [0.25, 0.3) is 10.8 Å². The second-order valence-corrected chi connectivity index (χ2v) is 12.1. The Bertz CT molecular complexity index is 1370. The Balaban J connectivity index is 0.963. The van der Waals surface area contributed by atoms with E-state index in [2.05, 4.69) is 74.5 Å². The van der Waals surface area contributed by atoms with Crippen molar-refractivity contribution in [3.8, 4) is 11.5 Å². The molecule has 52 heavy (non-hydrogen) atoms. The van der Waals surface area contributed by atoms with E-state index in [1.165, 1.54) is 11.1 Å². The fourth-order valence-corrected chi connectivity index (χ4v) is 4.91. The molecule has 0 aliphatic carbocycles. The van der Waals surface area contributed by atoms with Crippen LogP contribution in [0, 0.1) is 13.8 Å². The molecule has 0 heterocycles. The Kier molecular flexibility index (Phi) is 20.8. The lowest BCUT2D eigenvalue weighted by Gasteiger charge is -2.15. The molecule has 4 rings (SSSR count). The van der Waals surface area contributed by atoms with Crippen molar-refractivity contribution in [1.82, 2.24) is 0 Å². The van der Waals surface area contributed by atoms with Crippen LogP contribution in [-0.4, -0.2) is 106 Å². The number of hydrogen-bond acceptors (Lipinski definition) is 10. The Morgan fingerprint density at radius 1 is 0.327 bits per heavy atom. The van der Waals surface area contributed by atoms with Gasteiger partial charge < -0.3 is 47.4 Å². The van der Waals surface area contributed by atoms with Gasteiger partial charge in [0, 0.05) is 0 Å². The van der Waals surface area contributed by atoms with Gasteiger partial charge in [0.1, 0.15) is 13.2 Å². The molecule has 0 spiro atoms. The first-order valence-corrected chi connectivity index (χ1v) is 18.2. The summed E-state index contributed by atoms with van der Waals surface area (Å²) in [5, 5.41) is 2.15. The fourth-order valence-electron chi connectivity index (χ4n) is 4.91. The van der Waals surface area contributed by atoms with Crippen LogP contribution in [0.15, 0.2) is 84.9 Å². The van der Waals surface area contributed by atoms with E-state index >= 15 is 0 Å². The summed E-state index contributed by atoms with van der Waals surface area (Å²) in [6.45, 7) is 13.1. The largest absolute Gasteiger partial charge is 0.487 e. The fraction of sp³-hybridized carbons (Fsp3) is 0.476. The van der Waals surface area contributed by atoms with Crippen LogP contribution in [0.3, 0.4) is 0 Å². The van der Waals surface area contributed by atoms with E-state index in [1.807, 2.05) is 24.3 Å². The van der Waals surface area contributed by atoms with Crippen molar-refractivity contribution in [2.45, 2.75) is 27.1 Å². The zero-order valence-electron chi connectivity index (χ0n) is 30.9. The van der Waals surface area contributed by atoms with Crippen LogP contribution < -0.4 is 9.47 Å². The Morgan fingerprint density at radius 3 is 0.942 bits per heavy atom. The minimum atomic E-state index is 0.387. The smallest absolute Gasteiger partial charge is 0.161 e. The van der Waals surface area contributed by atoms with Gasteiger partial charge in [0.25, 0.3) is 0 Å². The van der Waals surface area contributed by atoms with Crippen LogP contribution in [0.1, 0.15) is 22.3 Å². The number of hydrogen-bond donors (Lipinski definition) is 0. The predicted molar refractivity (Wildman–Crippen MR) is 202 cm³/mol. The molecular weight excluding hydrogens is 664 g/mol. The summed E-state index contributed by atoms with van der Waals surface area (Å²) >= 11 is 0. The molecule has 0 amide bonds. The van der Waals surface area contributed by atoms with Crippen molar-refractivity contribution in [2.75, 3.05) is 106 Å². The first-order chi connectivity index (χ1) is 25.7. The molecule has 0 aromatic heterocycles. The van der Waals surface area contributed by atoms with Gasteiger partial charge in [-0.25, -0.2) is 0 Å². The summed E-state index contributed by atoms with van der Waals surface area (Å²) in [7, 11) is 0. The highest BCUT2D eigenvalue weighted by atomic mass is 16.6. The monoisotopic (exact) mass is 720 g/mol. The Morgan fingerprint density at radius 2 is 0.615 bits per heavy atom. The number of benzene rings is 4. The van der Waals surface area contributed by atoms with Gasteiger partial charge in [0.05, 0.1) is 106 Å². The molecule has 0 aliphatic heterocycles. The molecule has 284 valence electrons. The molecule has 0 saturated heterocycles. The third-order valence-electron chi connectivity index (χ3n) is 7.79. The number of rotatable bonds is 30. The standard InChI is InChI=1S/C42H56O10/c1-35-7-11-37(12-8-35)33-49-25-23-45-17-15-43-19-21-47-27-29-51-41-31-39-5-3-4-6-40(39)32-42(41)52-30-28-48-22-20-44-16-18-46-24-26-50-34-38-13-9-36(2)10-14-38/h3-14,31-32H,15-30,33-34H2,1-2H3. The highest BCUT2D eigenvalue weighted by molar-refractivity contribution is 5.86. The van der Waals surface area contributed by atoms with E-state index in [-0.39, 0.29) is 0 Å². The van der Waals surface area contributed by atoms with Gasteiger partial charge in [-0.2, -0.15) is 0 Å². The summed E-state index contributed by atoms with van der Waals surface area (Å²) in [5.74, 6) is 1.34. The highest BCUT2D eigenvalue weighted by Crippen LogP contribution is 2.32. The normalized spacial score (nSPS) is 11.3. The first kappa shape index (κ1) is 41.2. The molecule has 0 atom stereocenters. The van der Waals surface area contributed by atoms with Crippen LogP contribution in [0.2, 0.25) is 0 Å². The second-order valence-electron chi connectivity index (χ2n) is 12.1. The maximum Gasteiger partial charge on any atom is 0.161 e. The molecule has 0 N–H and O–H groups in total. The van der Waals surface area contributed by atoms with E-state index in [9.17, 15) is 0 Å². The molecule has 10 nitrogen and oxygen atoms in total. The summed E-state index contributed by atoms with van der Waals surface area (Å²) in [4.78, 5) is 0. The molecule has 0 radical (unpaired) electrons. The van der Waals surface area contributed by atoms with Crippen LogP contribution in [0.4, 0.5) is 0 Å². The van der Waals surface area contributed by atoms with Gasteiger partial charge >= 0.3 is 0 Å². The molecule has 0 bridgehead atoms. The van der Waals surface area contributed by atoms with Crippen LogP contribution in [-0.2, 0) is 51.1 Å². The van der Waals surface area contributed by atoms with Crippen molar-refractivity contribution in [2.24, 2.45) is 0 Å². The molecule has 0 fully saturated rings. The Hall–Kier alpha value is -3.58. The van der Waals surface area contributed by atoms with Gasteiger partial charge in [0.2, 0.25) is 0 Å². The van der Waals surface area contributed by atoms with E-state index in [4.69, 9.17) is 47.4 Å². The van der Waals surface area contributed by atoms with E-state index in [0.29, 0.717) is 130 Å². The summed E-state index contributed by atoms with van der Waals surface area (Å²) in [5.41, 5.74) is 4.81. The third-order valence-corrected chi connectivity index (χ3v) is 7.79. The maximum atomic E-state index is 6.06. The van der Waals surface area contributed by atoms with Gasteiger partial charge in [-0.05, 0) is 47.9 Å². The van der Waals surface area contributed by atoms with Gasteiger partial charge in [-0.15, -0.1) is 0 Å². The Labute approximate surface area is 309 Å². The predicted octanol–water partition coefficient (Wildman–Crippen LogP) is 6.75. The highest BCUT2D eigenvalue weighted by Gasteiger charge is 2.09. The lowest BCUT2D eigenvalue weighted by Crippen LogP contribution is -2.15. The minimum absolute atomic E-state index is 0.387. The molecule has 0 saturated carbocycles. The first-order valence-electron chi connectivity index (χ1n) is 18.2. The molecule has 10 heteroatoms. The average molecular weight is 721 g/mol. The van der Waals surface area contributed by atoms with Crippen molar-refractivity contribution in [3.63, 3.8) is 0 Å². The lowest BCUT2D eigenvalue weighted by atomic mass is 10.1. The van der Waals surface area contributed by atoms with Crippen molar-refractivity contribution >= 4 is 10.8 Å². The van der Waals surface area contributed by atoms with Gasteiger partial charge in [-0.3, -0.25) is 0 Å². The zero-order chi connectivity index (χ0) is 36.3. The van der Waals surface area contributed by atoms with Crippen molar-refractivity contribution < 1.29 is 47.4 Å². The maximum absolute atomic E-state index is 6.06. The van der Waals surface area contributed by atoms with E-state index in [1.54, 1.807) is 0 Å². The number of ether oxygens (including phenoxy) is 10. The lowest BCUT2D eigenvalue weighted by molar-refractivity contribution is -0.00734. The summed E-state index contributed by atoms with van der Waals surface area (Å²) in [6.07, 6.45) is 0. The van der Waals surface area contributed by atoms with Crippen molar-refractivity contribution in [1.29, 1.82) is 0 Å². The average Bonchev–Trinajstić information content (AvgIpc) is 3.16. The third kappa shape index (κ3) is 17.8. The molecule has 0 unspecified atom stereocenters. The molecule has 0 aliphatic rings. The number of fused-ring (bicyclic) bond motifs is 1. The van der Waals surface area contributed by atoms with Gasteiger partial charge in [0.15, 0.2) is 11.5 Å². The SMILES string of the molecule is Cc1ccc(COCCOCCOCCOCCOc2cc3ccccc3cc2OCCOCCOCCOCCOCc2ccc(C)cc2)cc1. The second kappa shape index (κ2) is 26.2. The summed E-state index contributed by atoms with van der Waals surface area (Å²) < 4.78 is 57.1. The molecule has 4 aromatic rings. The molecule has 4 aromatic carbocycles. The van der Waals surface area contributed by atoms with E-state index < -0.39 is 0 Å². The molecular formula is C42H56O10. The van der Waals surface area contributed by atoms with E-state index in [0.717, 1.165) is 21.9 Å². The van der Waals surface area contributed by atoms with Gasteiger partial charge in [-0.1, -0.05) is 83.9 Å². The van der Waals surface area contributed by atoms with Crippen LogP contribution >= 0.6 is 0 Å². The quantitative estimate of drug-likeness (QED) is 0.0539. The number of aryl methyl sites for hydroxylation is 2. The van der Waals surface area contributed by atoms with Crippen molar-refractivity contribution in [3.05, 3.63) is 107 Å². The van der Waals surface area contributed by atoms with Crippen LogP contribution in [0.5, 0.6) is 11.5 Å². The zero-order valence-corrected chi connectivity index (χ0v) is 30.9. The minimum Gasteiger partial charge on any atom is -0.487 e. The summed E-state index contributed by atoms with van der Waals surface area (Å²) in [6, 6.07) is 28.8. The topological polar surface area (TPSA) is 92.3 Å².